The van der Waals surface area contributed by atoms with Crippen LogP contribution >= 0.6 is 0 Å². The Kier molecular flexibility index (Phi) is 4.11. The molecule has 134 valence electrons. The van der Waals surface area contributed by atoms with Crippen LogP contribution in [0.1, 0.15) is 17.5 Å². The molecule has 2 aliphatic heterocycles. The molecule has 1 saturated heterocycles. The van der Waals surface area contributed by atoms with Crippen LogP contribution < -0.4 is 15.0 Å². The molecular weight excluding hydrogens is 335 g/mol. The Morgan fingerprint density at radius 1 is 1.27 bits per heavy atom. The lowest BCUT2D eigenvalue weighted by atomic mass is 10.1. The van der Waals surface area contributed by atoms with Crippen molar-refractivity contribution in [1.82, 2.24) is 0 Å². The topological polar surface area (TPSA) is 58.6 Å². The molecule has 2 aromatic rings. The van der Waals surface area contributed by atoms with Gasteiger partial charge in [-0.05, 0) is 48.4 Å². The van der Waals surface area contributed by atoms with Crippen molar-refractivity contribution in [2.45, 2.75) is 19.8 Å². The fraction of sp³-hybridized carbons (Fsp3) is 0.300. The Morgan fingerprint density at radius 3 is 2.92 bits per heavy atom. The second-order valence-electron chi connectivity index (χ2n) is 6.77. The van der Waals surface area contributed by atoms with Crippen molar-refractivity contribution in [2.75, 3.05) is 23.4 Å². The van der Waals surface area contributed by atoms with Gasteiger partial charge in [0.25, 0.3) is 0 Å². The molecule has 4 rings (SSSR count). The SMILES string of the molecule is Cc1ccc(N2C[C@H](C(=O)Nc3ccc4c(c3)CCO4)CC2=O)c(F)c1. The smallest absolute Gasteiger partial charge is 0.229 e. The quantitative estimate of drug-likeness (QED) is 0.922. The van der Waals surface area contributed by atoms with Crippen LogP contribution in [0.2, 0.25) is 0 Å². The second kappa shape index (κ2) is 6.44. The minimum Gasteiger partial charge on any atom is -0.493 e. The first-order chi connectivity index (χ1) is 12.5. The molecule has 0 aromatic heterocycles. The number of amides is 2. The number of hydrogen-bond acceptors (Lipinski definition) is 3. The molecule has 6 heteroatoms. The molecule has 0 saturated carbocycles. The van der Waals surface area contributed by atoms with Gasteiger partial charge in [0.05, 0.1) is 18.2 Å². The number of hydrogen-bond donors (Lipinski definition) is 1. The molecule has 2 heterocycles. The summed E-state index contributed by atoms with van der Waals surface area (Å²) in [7, 11) is 0. The maximum Gasteiger partial charge on any atom is 0.229 e. The average molecular weight is 354 g/mol. The zero-order chi connectivity index (χ0) is 18.3. The highest BCUT2D eigenvalue weighted by Crippen LogP contribution is 2.30. The highest BCUT2D eigenvalue weighted by molar-refractivity contribution is 6.03. The van der Waals surface area contributed by atoms with Crippen LogP contribution in [0.15, 0.2) is 36.4 Å². The van der Waals surface area contributed by atoms with Gasteiger partial charge in [-0.2, -0.15) is 0 Å². The number of carbonyl (C=O) groups is 2. The number of anilines is 2. The molecule has 0 aliphatic carbocycles. The third-order valence-corrected chi connectivity index (χ3v) is 4.85. The fourth-order valence-corrected chi connectivity index (χ4v) is 3.46. The summed E-state index contributed by atoms with van der Waals surface area (Å²) in [5.41, 5.74) is 2.76. The summed E-state index contributed by atoms with van der Waals surface area (Å²) in [5.74, 6) is -0.576. The van der Waals surface area contributed by atoms with E-state index in [9.17, 15) is 14.0 Å². The molecule has 1 fully saturated rings. The van der Waals surface area contributed by atoms with Crippen molar-refractivity contribution >= 4 is 23.2 Å². The Bertz CT molecular complexity index is 897. The normalized spacial score (nSPS) is 18.6. The van der Waals surface area contributed by atoms with Crippen LogP contribution in [-0.2, 0) is 16.0 Å². The van der Waals surface area contributed by atoms with Gasteiger partial charge in [0, 0.05) is 25.1 Å². The maximum absolute atomic E-state index is 14.2. The van der Waals surface area contributed by atoms with Gasteiger partial charge in [-0.25, -0.2) is 4.39 Å². The summed E-state index contributed by atoms with van der Waals surface area (Å²) in [6.07, 6.45) is 0.897. The van der Waals surface area contributed by atoms with Crippen molar-refractivity contribution in [3.05, 3.63) is 53.3 Å². The minimum absolute atomic E-state index is 0.0766. The molecule has 5 nitrogen and oxygen atoms in total. The molecule has 26 heavy (non-hydrogen) atoms. The number of nitrogens with zero attached hydrogens (tertiary/aromatic N) is 1. The lowest BCUT2D eigenvalue weighted by Gasteiger charge is -2.18. The standard InChI is InChI=1S/C20H19FN2O3/c1-12-2-4-17(16(21)8-12)23-11-14(10-19(23)24)20(25)22-15-3-5-18-13(9-15)6-7-26-18/h2-5,8-9,14H,6-7,10-11H2,1H3,(H,22,25)/t14-/m1/s1. The molecule has 0 unspecified atom stereocenters. The number of rotatable bonds is 3. The second-order valence-corrected chi connectivity index (χ2v) is 6.77. The largest absolute Gasteiger partial charge is 0.493 e. The molecule has 2 aliphatic rings. The Morgan fingerprint density at radius 2 is 2.12 bits per heavy atom. The highest BCUT2D eigenvalue weighted by atomic mass is 19.1. The van der Waals surface area contributed by atoms with E-state index in [0.717, 1.165) is 23.3 Å². The first kappa shape index (κ1) is 16.6. The Hall–Kier alpha value is -2.89. The van der Waals surface area contributed by atoms with Gasteiger partial charge in [0.15, 0.2) is 0 Å². The van der Waals surface area contributed by atoms with E-state index in [4.69, 9.17) is 4.74 Å². The highest BCUT2D eigenvalue weighted by Gasteiger charge is 2.36. The Balaban J connectivity index is 1.47. The lowest BCUT2D eigenvalue weighted by molar-refractivity contribution is -0.122. The number of aryl methyl sites for hydroxylation is 1. The van der Waals surface area contributed by atoms with E-state index in [1.165, 1.54) is 11.0 Å². The molecule has 2 aromatic carbocycles. The fourth-order valence-electron chi connectivity index (χ4n) is 3.46. The molecule has 0 bridgehead atoms. The van der Waals surface area contributed by atoms with Crippen molar-refractivity contribution in [3.63, 3.8) is 0 Å². The van der Waals surface area contributed by atoms with E-state index in [-0.39, 0.29) is 30.5 Å². The van der Waals surface area contributed by atoms with Gasteiger partial charge in [-0.1, -0.05) is 6.07 Å². The van der Waals surface area contributed by atoms with Crippen LogP contribution in [0.5, 0.6) is 5.75 Å². The predicted molar refractivity (Wildman–Crippen MR) is 95.9 cm³/mol. The van der Waals surface area contributed by atoms with Gasteiger partial charge >= 0.3 is 0 Å². The number of benzene rings is 2. The number of halogens is 1. The summed E-state index contributed by atoms with van der Waals surface area (Å²) in [4.78, 5) is 26.2. The van der Waals surface area contributed by atoms with Crippen LogP contribution in [0.4, 0.5) is 15.8 Å². The van der Waals surface area contributed by atoms with E-state index in [1.807, 2.05) is 12.1 Å². The monoisotopic (exact) mass is 354 g/mol. The van der Waals surface area contributed by atoms with Gasteiger partial charge in [0.1, 0.15) is 11.6 Å². The van der Waals surface area contributed by atoms with Crippen molar-refractivity contribution in [2.24, 2.45) is 5.92 Å². The van der Waals surface area contributed by atoms with Crippen molar-refractivity contribution < 1.29 is 18.7 Å². The summed E-state index contributed by atoms with van der Waals surface area (Å²) < 4.78 is 19.6. The number of carbonyl (C=O) groups excluding carboxylic acids is 2. The zero-order valence-electron chi connectivity index (χ0n) is 14.4. The molecule has 2 amide bonds. The number of ether oxygens (including phenoxy) is 1. The molecular formula is C20H19FN2O3. The summed E-state index contributed by atoms with van der Waals surface area (Å²) in [6, 6.07) is 10.3. The number of nitrogens with one attached hydrogen (secondary N) is 1. The minimum atomic E-state index is -0.507. The van der Waals surface area contributed by atoms with E-state index in [0.29, 0.717) is 12.3 Å². The maximum atomic E-state index is 14.2. The van der Waals surface area contributed by atoms with Gasteiger partial charge < -0.3 is 15.0 Å². The van der Waals surface area contributed by atoms with Gasteiger partial charge in [-0.3, -0.25) is 9.59 Å². The van der Waals surface area contributed by atoms with Crippen LogP contribution in [0.3, 0.4) is 0 Å². The average Bonchev–Trinajstić information content (AvgIpc) is 3.21. The van der Waals surface area contributed by atoms with E-state index in [1.54, 1.807) is 25.1 Å². The third kappa shape index (κ3) is 3.03. The van der Waals surface area contributed by atoms with Crippen molar-refractivity contribution in [1.29, 1.82) is 0 Å². The van der Waals surface area contributed by atoms with Gasteiger partial charge in [-0.15, -0.1) is 0 Å². The summed E-state index contributed by atoms with van der Waals surface area (Å²) in [5, 5.41) is 2.86. The first-order valence-electron chi connectivity index (χ1n) is 8.64. The molecule has 1 N–H and O–H groups in total. The summed E-state index contributed by atoms with van der Waals surface area (Å²) in [6.45, 7) is 2.62. The molecule has 0 spiro atoms. The van der Waals surface area contributed by atoms with Crippen LogP contribution in [0.25, 0.3) is 0 Å². The predicted octanol–water partition coefficient (Wildman–Crippen LogP) is 3.06. The third-order valence-electron chi connectivity index (χ3n) is 4.85. The summed E-state index contributed by atoms with van der Waals surface area (Å²) >= 11 is 0. The number of fused-ring (bicyclic) bond motifs is 1. The van der Waals surface area contributed by atoms with E-state index >= 15 is 0 Å². The van der Waals surface area contributed by atoms with E-state index < -0.39 is 11.7 Å². The van der Waals surface area contributed by atoms with Crippen molar-refractivity contribution in [3.8, 4) is 5.75 Å². The van der Waals surface area contributed by atoms with Crippen LogP contribution in [-0.4, -0.2) is 25.0 Å². The first-order valence-corrected chi connectivity index (χ1v) is 8.64. The van der Waals surface area contributed by atoms with E-state index in [2.05, 4.69) is 5.32 Å². The molecule has 1 atom stereocenters. The van der Waals surface area contributed by atoms with Crippen LogP contribution in [0, 0.1) is 18.7 Å². The molecule has 0 radical (unpaired) electrons. The van der Waals surface area contributed by atoms with Gasteiger partial charge in [0.2, 0.25) is 11.8 Å². The lowest BCUT2D eigenvalue weighted by Crippen LogP contribution is -2.28. The zero-order valence-corrected chi connectivity index (χ0v) is 14.4. The Labute approximate surface area is 150 Å².